The molecule has 7 heteroatoms. The Morgan fingerprint density at radius 3 is 2.82 bits per heavy atom. The molecule has 1 saturated heterocycles. The summed E-state index contributed by atoms with van der Waals surface area (Å²) in [6, 6.07) is 10.6. The molecule has 3 rings (SSSR count). The number of aromatic nitrogens is 2. The van der Waals surface area contributed by atoms with Crippen LogP contribution in [0, 0.1) is 0 Å². The van der Waals surface area contributed by atoms with Gasteiger partial charge in [-0.25, -0.2) is 4.79 Å². The quantitative estimate of drug-likeness (QED) is 0.789. The number of nitrogens with zero attached hydrogens (tertiary/aromatic N) is 4. The van der Waals surface area contributed by atoms with Crippen molar-refractivity contribution in [2.45, 2.75) is 58.2 Å². The SMILES string of the molecule is CC(C)N1CCCC[C@@H]1CCNC(=O)N(C)Cc1nnc(-c2ccccc2)o1. The molecule has 28 heavy (non-hydrogen) atoms. The molecule has 1 aromatic heterocycles. The Morgan fingerprint density at radius 1 is 1.29 bits per heavy atom. The Labute approximate surface area is 167 Å². The summed E-state index contributed by atoms with van der Waals surface area (Å²) in [6.07, 6.45) is 4.76. The Hall–Kier alpha value is -2.41. The summed E-state index contributed by atoms with van der Waals surface area (Å²) in [4.78, 5) is 16.5. The lowest BCUT2D eigenvalue weighted by Crippen LogP contribution is -2.46. The van der Waals surface area contributed by atoms with E-state index >= 15 is 0 Å². The number of benzene rings is 1. The average molecular weight is 386 g/mol. The summed E-state index contributed by atoms with van der Waals surface area (Å²) in [5.74, 6) is 0.894. The average Bonchev–Trinajstić information content (AvgIpc) is 3.17. The van der Waals surface area contributed by atoms with Crippen LogP contribution >= 0.6 is 0 Å². The van der Waals surface area contributed by atoms with Crippen molar-refractivity contribution in [2.24, 2.45) is 0 Å². The highest BCUT2D eigenvalue weighted by molar-refractivity contribution is 5.73. The van der Waals surface area contributed by atoms with Gasteiger partial charge in [0.1, 0.15) is 6.54 Å². The highest BCUT2D eigenvalue weighted by Gasteiger charge is 2.24. The summed E-state index contributed by atoms with van der Waals surface area (Å²) in [5, 5.41) is 11.1. The van der Waals surface area contributed by atoms with Crippen molar-refractivity contribution in [3.63, 3.8) is 0 Å². The fraction of sp³-hybridized carbons (Fsp3) is 0.571. The van der Waals surface area contributed by atoms with Gasteiger partial charge in [-0.15, -0.1) is 10.2 Å². The zero-order valence-electron chi connectivity index (χ0n) is 17.1. The van der Waals surface area contributed by atoms with Crippen LogP contribution in [-0.4, -0.2) is 58.2 Å². The molecule has 152 valence electrons. The smallest absolute Gasteiger partial charge is 0.317 e. The Bertz CT molecular complexity index is 746. The van der Waals surface area contributed by atoms with Crippen LogP contribution in [0.3, 0.4) is 0 Å². The van der Waals surface area contributed by atoms with Gasteiger partial charge in [-0.05, 0) is 51.8 Å². The van der Waals surface area contributed by atoms with Crippen molar-refractivity contribution in [1.29, 1.82) is 0 Å². The number of likely N-dealkylation sites (tertiary alicyclic amines) is 1. The van der Waals surface area contributed by atoms with E-state index in [0.29, 0.717) is 30.4 Å². The molecule has 0 aliphatic carbocycles. The molecule has 1 N–H and O–H groups in total. The van der Waals surface area contributed by atoms with E-state index < -0.39 is 0 Å². The second kappa shape index (κ2) is 9.68. The lowest BCUT2D eigenvalue weighted by Gasteiger charge is -2.38. The van der Waals surface area contributed by atoms with Gasteiger partial charge in [0.25, 0.3) is 0 Å². The molecule has 7 nitrogen and oxygen atoms in total. The Morgan fingerprint density at radius 2 is 2.07 bits per heavy atom. The van der Waals surface area contributed by atoms with Crippen molar-refractivity contribution >= 4 is 6.03 Å². The third kappa shape index (κ3) is 5.32. The number of carbonyl (C=O) groups excluding carboxylic acids is 1. The van der Waals surface area contributed by atoms with Crippen LogP contribution in [0.15, 0.2) is 34.7 Å². The zero-order chi connectivity index (χ0) is 19.9. The predicted molar refractivity (Wildman–Crippen MR) is 109 cm³/mol. The molecule has 1 aliphatic rings. The Balaban J connectivity index is 1.45. The van der Waals surface area contributed by atoms with Crippen molar-refractivity contribution in [2.75, 3.05) is 20.1 Å². The molecule has 0 bridgehead atoms. The van der Waals surface area contributed by atoms with Gasteiger partial charge in [-0.1, -0.05) is 24.6 Å². The first-order valence-electron chi connectivity index (χ1n) is 10.2. The summed E-state index contributed by atoms with van der Waals surface area (Å²) in [7, 11) is 1.74. The number of carbonyl (C=O) groups is 1. The number of amides is 2. The van der Waals surface area contributed by atoms with E-state index in [9.17, 15) is 4.79 Å². The maximum absolute atomic E-state index is 12.4. The first-order valence-corrected chi connectivity index (χ1v) is 10.2. The molecule has 2 heterocycles. The van der Waals surface area contributed by atoms with Crippen molar-refractivity contribution < 1.29 is 9.21 Å². The molecule has 1 atom stereocenters. The molecule has 1 aromatic carbocycles. The Kier molecular flexibility index (Phi) is 7.03. The number of rotatable bonds is 7. The van der Waals surface area contributed by atoms with Crippen LogP contribution in [0.2, 0.25) is 0 Å². The molecule has 1 aliphatic heterocycles. The van der Waals surface area contributed by atoms with Gasteiger partial charge in [-0.2, -0.15) is 0 Å². The van der Waals surface area contributed by atoms with E-state index in [2.05, 4.69) is 34.3 Å². The summed E-state index contributed by atoms with van der Waals surface area (Å²) < 4.78 is 5.68. The monoisotopic (exact) mass is 385 g/mol. The first-order chi connectivity index (χ1) is 13.5. The van der Waals surface area contributed by atoms with Crippen LogP contribution in [0.25, 0.3) is 11.5 Å². The lowest BCUT2D eigenvalue weighted by molar-refractivity contribution is 0.105. The predicted octanol–water partition coefficient (Wildman–Crippen LogP) is 3.53. The molecule has 0 spiro atoms. The van der Waals surface area contributed by atoms with E-state index in [1.165, 1.54) is 19.3 Å². The van der Waals surface area contributed by atoms with Gasteiger partial charge >= 0.3 is 6.03 Å². The molecule has 2 amide bonds. The van der Waals surface area contributed by atoms with Crippen LogP contribution in [0.4, 0.5) is 4.79 Å². The van der Waals surface area contributed by atoms with Crippen molar-refractivity contribution in [1.82, 2.24) is 25.3 Å². The third-order valence-electron chi connectivity index (χ3n) is 5.30. The minimum absolute atomic E-state index is 0.119. The summed E-state index contributed by atoms with van der Waals surface area (Å²) in [5.41, 5.74) is 0.871. The number of hydrogen-bond acceptors (Lipinski definition) is 5. The number of piperidine rings is 1. The lowest BCUT2D eigenvalue weighted by atomic mass is 9.98. The van der Waals surface area contributed by atoms with E-state index in [4.69, 9.17) is 4.42 Å². The molecular weight excluding hydrogens is 354 g/mol. The van der Waals surface area contributed by atoms with Crippen LogP contribution in [-0.2, 0) is 6.54 Å². The minimum Gasteiger partial charge on any atom is -0.419 e. The van der Waals surface area contributed by atoms with E-state index in [1.54, 1.807) is 11.9 Å². The maximum Gasteiger partial charge on any atom is 0.317 e. The minimum atomic E-state index is -0.119. The highest BCUT2D eigenvalue weighted by atomic mass is 16.4. The van der Waals surface area contributed by atoms with Crippen molar-refractivity contribution in [3.05, 3.63) is 36.2 Å². The number of hydrogen-bond donors (Lipinski definition) is 1. The summed E-state index contributed by atoms with van der Waals surface area (Å²) >= 11 is 0. The van der Waals surface area contributed by atoms with Crippen molar-refractivity contribution in [3.8, 4) is 11.5 Å². The summed E-state index contributed by atoms with van der Waals surface area (Å²) in [6.45, 7) is 6.62. The molecule has 0 saturated carbocycles. The van der Waals surface area contributed by atoms with Gasteiger partial charge in [0.2, 0.25) is 11.8 Å². The van der Waals surface area contributed by atoms with E-state index in [-0.39, 0.29) is 12.6 Å². The zero-order valence-corrected chi connectivity index (χ0v) is 17.1. The fourth-order valence-corrected chi connectivity index (χ4v) is 3.78. The second-order valence-electron chi connectivity index (χ2n) is 7.72. The van der Waals surface area contributed by atoms with E-state index in [1.807, 2.05) is 30.3 Å². The molecule has 0 unspecified atom stereocenters. The van der Waals surface area contributed by atoms with Gasteiger partial charge in [-0.3, -0.25) is 4.90 Å². The highest BCUT2D eigenvalue weighted by Crippen LogP contribution is 2.21. The normalized spacial score (nSPS) is 17.6. The van der Waals surface area contributed by atoms with Crippen LogP contribution in [0.1, 0.15) is 45.4 Å². The molecule has 1 fully saturated rings. The van der Waals surface area contributed by atoms with Gasteiger partial charge in [0.05, 0.1) is 0 Å². The van der Waals surface area contributed by atoms with Gasteiger partial charge in [0, 0.05) is 31.2 Å². The van der Waals surface area contributed by atoms with Gasteiger partial charge in [0.15, 0.2) is 0 Å². The first kappa shape index (κ1) is 20.3. The maximum atomic E-state index is 12.4. The number of nitrogens with one attached hydrogen (secondary N) is 1. The van der Waals surface area contributed by atoms with E-state index in [0.717, 1.165) is 18.5 Å². The van der Waals surface area contributed by atoms with Crippen LogP contribution < -0.4 is 5.32 Å². The molecule has 2 aromatic rings. The number of urea groups is 1. The topological polar surface area (TPSA) is 74.5 Å². The third-order valence-corrected chi connectivity index (χ3v) is 5.30. The van der Waals surface area contributed by atoms with Gasteiger partial charge < -0.3 is 14.6 Å². The molecule has 0 radical (unpaired) electrons. The second-order valence-corrected chi connectivity index (χ2v) is 7.72. The largest absolute Gasteiger partial charge is 0.419 e. The van der Waals surface area contributed by atoms with Crippen LogP contribution in [0.5, 0.6) is 0 Å². The standard InChI is InChI=1S/C21H31N5O2/c1-16(2)26-14-8-7-11-18(26)12-13-22-21(27)25(3)15-19-23-24-20(28-19)17-9-5-4-6-10-17/h4-6,9-10,16,18H,7-8,11-15H2,1-3H3,(H,22,27)/t18-/m1/s1. The fourth-order valence-electron chi connectivity index (χ4n) is 3.78. The molecular formula is C21H31N5O2.